The van der Waals surface area contributed by atoms with Gasteiger partial charge in [-0.2, -0.15) is 0 Å². The molecule has 1 N–H and O–H groups in total. The van der Waals surface area contributed by atoms with Gasteiger partial charge in [0.25, 0.3) is 0 Å². The average molecular weight is 265 g/mol. The summed E-state index contributed by atoms with van der Waals surface area (Å²) in [5.74, 6) is 1.40. The van der Waals surface area contributed by atoms with E-state index in [-0.39, 0.29) is 24.8 Å². The molecule has 0 spiro atoms. The van der Waals surface area contributed by atoms with Crippen LogP contribution in [0, 0.1) is 12.8 Å². The summed E-state index contributed by atoms with van der Waals surface area (Å²) in [6.45, 7) is 4.95. The van der Waals surface area contributed by atoms with E-state index in [1.165, 1.54) is 6.42 Å². The Kier molecular flexibility index (Phi) is 7.47. The van der Waals surface area contributed by atoms with Gasteiger partial charge in [0.2, 0.25) is 5.88 Å². The second kappa shape index (κ2) is 7.71. The molecule has 1 atom stereocenters. The molecule has 1 unspecified atom stereocenters. The van der Waals surface area contributed by atoms with E-state index >= 15 is 0 Å². The van der Waals surface area contributed by atoms with Crippen molar-refractivity contribution >= 4 is 24.8 Å². The molecule has 0 amide bonds. The summed E-state index contributed by atoms with van der Waals surface area (Å²) in [5.41, 5.74) is 1.01. The van der Waals surface area contributed by atoms with Gasteiger partial charge in [-0.05, 0) is 26.0 Å². The molecular weight excluding hydrogens is 247 g/mol. The van der Waals surface area contributed by atoms with Crippen molar-refractivity contribution in [3.63, 3.8) is 0 Å². The molecule has 0 radical (unpaired) electrons. The maximum absolute atomic E-state index is 5.62. The number of ether oxygens (including phenoxy) is 1. The quantitative estimate of drug-likeness (QED) is 0.910. The van der Waals surface area contributed by atoms with Crippen LogP contribution in [0.5, 0.6) is 5.88 Å². The van der Waals surface area contributed by atoms with Gasteiger partial charge in [-0.25, -0.2) is 4.98 Å². The van der Waals surface area contributed by atoms with E-state index in [0.29, 0.717) is 5.92 Å². The third kappa shape index (κ3) is 4.56. The van der Waals surface area contributed by atoms with Gasteiger partial charge in [0.15, 0.2) is 0 Å². The van der Waals surface area contributed by atoms with E-state index in [9.17, 15) is 0 Å². The van der Waals surface area contributed by atoms with Crippen molar-refractivity contribution in [2.45, 2.75) is 13.3 Å². The summed E-state index contributed by atoms with van der Waals surface area (Å²) in [5, 5.41) is 3.32. The van der Waals surface area contributed by atoms with E-state index in [4.69, 9.17) is 4.74 Å². The Balaban J connectivity index is 0.00000112. The predicted octanol–water partition coefficient (Wildman–Crippen LogP) is 2.22. The summed E-state index contributed by atoms with van der Waals surface area (Å²) in [4.78, 5) is 4.29. The molecule has 2 rings (SSSR count). The summed E-state index contributed by atoms with van der Waals surface area (Å²) in [7, 11) is 0. The topological polar surface area (TPSA) is 34.1 Å². The molecule has 16 heavy (non-hydrogen) atoms. The number of hydrogen-bond acceptors (Lipinski definition) is 3. The Hall–Kier alpha value is -0.510. The van der Waals surface area contributed by atoms with Crippen molar-refractivity contribution in [1.29, 1.82) is 0 Å². The number of rotatable bonds is 3. The number of hydrogen-bond donors (Lipinski definition) is 1. The van der Waals surface area contributed by atoms with Gasteiger partial charge in [-0.3, -0.25) is 0 Å². The zero-order valence-corrected chi connectivity index (χ0v) is 10.9. The summed E-state index contributed by atoms with van der Waals surface area (Å²) >= 11 is 0. The summed E-state index contributed by atoms with van der Waals surface area (Å²) < 4.78 is 5.62. The highest BCUT2D eigenvalue weighted by atomic mass is 35.5. The van der Waals surface area contributed by atoms with Crippen LogP contribution in [0.15, 0.2) is 18.2 Å². The lowest BCUT2D eigenvalue weighted by molar-refractivity contribution is 0.250. The third-order valence-electron chi connectivity index (χ3n) is 2.49. The second-order valence-electron chi connectivity index (χ2n) is 3.79. The van der Waals surface area contributed by atoms with Crippen molar-refractivity contribution in [3.05, 3.63) is 23.9 Å². The lowest BCUT2D eigenvalue weighted by atomic mass is 10.1. The molecule has 3 nitrogen and oxygen atoms in total. The van der Waals surface area contributed by atoms with Gasteiger partial charge in [0.1, 0.15) is 0 Å². The molecule has 0 bridgehead atoms. The molecule has 92 valence electrons. The van der Waals surface area contributed by atoms with Gasteiger partial charge in [-0.1, -0.05) is 6.07 Å². The first kappa shape index (κ1) is 15.5. The van der Waals surface area contributed by atoms with Gasteiger partial charge < -0.3 is 10.1 Å². The van der Waals surface area contributed by atoms with E-state index in [1.807, 2.05) is 25.1 Å². The fraction of sp³-hybridized carbons (Fsp3) is 0.545. The van der Waals surface area contributed by atoms with E-state index in [2.05, 4.69) is 10.3 Å². The Morgan fingerprint density at radius 1 is 1.44 bits per heavy atom. The first-order chi connectivity index (χ1) is 6.84. The maximum Gasteiger partial charge on any atom is 0.213 e. The molecule has 1 aliphatic rings. The van der Waals surface area contributed by atoms with Crippen LogP contribution in [0.4, 0.5) is 0 Å². The molecule has 1 aliphatic heterocycles. The van der Waals surface area contributed by atoms with Gasteiger partial charge in [0.05, 0.1) is 6.61 Å². The van der Waals surface area contributed by atoms with Crippen LogP contribution in [0.1, 0.15) is 12.1 Å². The van der Waals surface area contributed by atoms with Crippen LogP contribution in [-0.2, 0) is 0 Å². The van der Waals surface area contributed by atoms with Crippen LogP contribution in [0.2, 0.25) is 0 Å². The van der Waals surface area contributed by atoms with Gasteiger partial charge in [-0.15, -0.1) is 24.8 Å². The standard InChI is InChI=1S/C11H16N2O.2ClH/c1-9-3-2-4-11(13-9)14-8-10-5-6-12-7-10;;/h2-4,10,12H,5-8H2,1H3;2*1H. The van der Waals surface area contributed by atoms with Gasteiger partial charge >= 0.3 is 0 Å². The largest absolute Gasteiger partial charge is 0.477 e. The highest BCUT2D eigenvalue weighted by Crippen LogP contribution is 2.12. The molecule has 0 aliphatic carbocycles. The van der Waals surface area contributed by atoms with Crippen LogP contribution in [0.3, 0.4) is 0 Å². The number of nitrogens with zero attached hydrogens (tertiary/aromatic N) is 1. The molecule has 2 heterocycles. The molecule has 0 saturated carbocycles. The monoisotopic (exact) mass is 264 g/mol. The van der Waals surface area contributed by atoms with E-state index < -0.39 is 0 Å². The molecular formula is C11H18Cl2N2O. The van der Waals surface area contributed by atoms with Crippen LogP contribution >= 0.6 is 24.8 Å². The van der Waals surface area contributed by atoms with Crippen molar-refractivity contribution in [3.8, 4) is 5.88 Å². The molecule has 1 aromatic heterocycles. The first-order valence-electron chi connectivity index (χ1n) is 5.12. The van der Waals surface area contributed by atoms with Crippen molar-refractivity contribution < 1.29 is 4.74 Å². The number of aromatic nitrogens is 1. The van der Waals surface area contributed by atoms with E-state index in [1.54, 1.807) is 0 Å². The minimum Gasteiger partial charge on any atom is -0.477 e. The SMILES string of the molecule is Cc1cccc(OCC2CCNC2)n1.Cl.Cl. The molecule has 1 saturated heterocycles. The first-order valence-corrected chi connectivity index (χ1v) is 5.12. The summed E-state index contributed by atoms with van der Waals surface area (Å²) in [6.07, 6.45) is 1.21. The normalized spacial score (nSPS) is 18.4. The Morgan fingerprint density at radius 2 is 2.25 bits per heavy atom. The van der Waals surface area contributed by atoms with Crippen LogP contribution in [0.25, 0.3) is 0 Å². The number of pyridine rings is 1. The smallest absolute Gasteiger partial charge is 0.213 e. The maximum atomic E-state index is 5.62. The fourth-order valence-corrected chi connectivity index (χ4v) is 1.66. The van der Waals surface area contributed by atoms with Crippen LogP contribution in [-0.4, -0.2) is 24.7 Å². The average Bonchev–Trinajstić information content (AvgIpc) is 2.67. The number of aryl methyl sites for hydroxylation is 1. The Morgan fingerprint density at radius 3 is 2.88 bits per heavy atom. The lowest BCUT2D eigenvalue weighted by Gasteiger charge is -2.09. The molecule has 1 fully saturated rings. The zero-order valence-electron chi connectivity index (χ0n) is 9.31. The lowest BCUT2D eigenvalue weighted by Crippen LogP contribution is -2.15. The number of halogens is 2. The molecule has 1 aromatic rings. The second-order valence-corrected chi connectivity index (χ2v) is 3.79. The number of nitrogens with one attached hydrogen (secondary N) is 1. The third-order valence-corrected chi connectivity index (χ3v) is 2.49. The van der Waals surface area contributed by atoms with Gasteiger partial charge in [0, 0.05) is 24.2 Å². The predicted molar refractivity (Wildman–Crippen MR) is 69.9 cm³/mol. The van der Waals surface area contributed by atoms with Crippen molar-refractivity contribution in [2.75, 3.05) is 19.7 Å². The fourth-order valence-electron chi connectivity index (χ4n) is 1.66. The van der Waals surface area contributed by atoms with E-state index in [0.717, 1.165) is 31.3 Å². The Bertz CT molecular complexity index is 304. The van der Waals surface area contributed by atoms with Crippen molar-refractivity contribution in [2.24, 2.45) is 5.92 Å². The zero-order chi connectivity index (χ0) is 9.80. The highest BCUT2D eigenvalue weighted by molar-refractivity contribution is 5.85. The van der Waals surface area contributed by atoms with Crippen molar-refractivity contribution in [1.82, 2.24) is 10.3 Å². The minimum absolute atomic E-state index is 0. The highest BCUT2D eigenvalue weighted by Gasteiger charge is 2.14. The Labute approximate surface area is 109 Å². The summed E-state index contributed by atoms with van der Waals surface area (Å²) in [6, 6.07) is 5.87. The van der Waals surface area contributed by atoms with Crippen LogP contribution < -0.4 is 10.1 Å². The molecule has 5 heteroatoms. The molecule has 0 aromatic carbocycles. The minimum atomic E-state index is 0.